The zero-order chi connectivity index (χ0) is 22.8. The third-order valence-electron chi connectivity index (χ3n) is 4.18. The normalized spacial score (nSPS) is 12.9. The van der Waals surface area contributed by atoms with E-state index >= 15 is 0 Å². The van der Waals surface area contributed by atoms with Gasteiger partial charge in [0.05, 0.1) is 21.5 Å². The standard InChI is InChI=1S/C20H16ClF3N2O2S3/c1-31(27,28)14-4-2-3-12(9-14)16-6-7-17(30-16)15(25)10-18(20(22,23)24)26-11-13-5-8-19(21)29-13/h2-9,25H,10-11H2,1H3. The van der Waals surface area contributed by atoms with Crippen LogP contribution in [0.1, 0.15) is 16.2 Å². The van der Waals surface area contributed by atoms with Crippen LogP contribution in [0, 0.1) is 5.41 Å². The van der Waals surface area contributed by atoms with Gasteiger partial charge in [-0.2, -0.15) is 13.2 Å². The Bertz CT molecular complexity index is 1240. The Kier molecular flexibility index (Phi) is 7.04. The summed E-state index contributed by atoms with van der Waals surface area (Å²) >= 11 is 8.08. The van der Waals surface area contributed by atoms with E-state index in [4.69, 9.17) is 17.0 Å². The number of rotatable bonds is 7. The number of hydrogen-bond donors (Lipinski definition) is 1. The molecule has 0 aliphatic rings. The molecular formula is C20H16ClF3N2O2S3. The molecule has 164 valence electrons. The van der Waals surface area contributed by atoms with Crippen molar-refractivity contribution >= 4 is 55.5 Å². The van der Waals surface area contributed by atoms with Crippen LogP contribution >= 0.6 is 34.3 Å². The smallest absolute Gasteiger partial charge is 0.303 e. The van der Waals surface area contributed by atoms with E-state index in [0.29, 0.717) is 24.5 Å². The van der Waals surface area contributed by atoms with Gasteiger partial charge in [-0.15, -0.1) is 22.7 Å². The van der Waals surface area contributed by atoms with Crippen LogP contribution in [0.5, 0.6) is 0 Å². The third-order valence-corrected chi connectivity index (χ3v) is 7.70. The monoisotopic (exact) mass is 504 g/mol. The number of sulfone groups is 1. The first-order chi connectivity index (χ1) is 14.4. The molecule has 0 unspecified atom stereocenters. The lowest BCUT2D eigenvalue weighted by atomic mass is 10.1. The minimum Gasteiger partial charge on any atom is -0.303 e. The molecule has 0 atom stereocenters. The van der Waals surface area contributed by atoms with Crippen molar-refractivity contribution in [2.75, 3.05) is 6.26 Å². The van der Waals surface area contributed by atoms with Crippen molar-refractivity contribution in [3.05, 3.63) is 62.6 Å². The van der Waals surface area contributed by atoms with Crippen LogP contribution in [0.3, 0.4) is 0 Å². The second-order valence-electron chi connectivity index (χ2n) is 6.59. The average Bonchev–Trinajstić information content (AvgIpc) is 3.33. The molecule has 0 aliphatic heterocycles. The lowest BCUT2D eigenvalue weighted by molar-refractivity contribution is -0.0600. The Labute approximate surface area is 190 Å². The fourth-order valence-electron chi connectivity index (χ4n) is 2.65. The first kappa shape index (κ1) is 23.6. The number of benzene rings is 1. The molecule has 0 saturated heterocycles. The number of hydrogen-bond acceptors (Lipinski definition) is 6. The molecule has 3 aromatic rings. The summed E-state index contributed by atoms with van der Waals surface area (Å²) in [5, 5.41) is 8.16. The van der Waals surface area contributed by atoms with Crippen LogP contribution in [0.4, 0.5) is 13.2 Å². The van der Waals surface area contributed by atoms with E-state index in [9.17, 15) is 21.6 Å². The van der Waals surface area contributed by atoms with Gasteiger partial charge in [0.15, 0.2) is 9.84 Å². The number of nitrogens with zero attached hydrogens (tertiary/aromatic N) is 1. The molecule has 0 spiro atoms. The summed E-state index contributed by atoms with van der Waals surface area (Å²) in [4.78, 5) is 5.45. The zero-order valence-electron chi connectivity index (χ0n) is 16.0. The lowest BCUT2D eigenvalue weighted by Crippen LogP contribution is -2.26. The quantitative estimate of drug-likeness (QED) is 0.373. The zero-order valence-corrected chi connectivity index (χ0v) is 19.2. The molecule has 1 aromatic carbocycles. The molecule has 0 amide bonds. The van der Waals surface area contributed by atoms with Crippen molar-refractivity contribution in [3.63, 3.8) is 0 Å². The summed E-state index contributed by atoms with van der Waals surface area (Å²) in [6, 6.07) is 12.7. The van der Waals surface area contributed by atoms with E-state index in [-0.39, 0.29) is 17.2 Å². The molecule has 4 nitrogen and oxygen atoms in total. The molecule has 0 bridgehead atoms. The summed E-state index contributed by atoms with van der Waals surface area (Å²) in [6.45, 7) is -0.159. The number of aliphatic imine (C=N–C) groups is 1. The van der Waals surface area contributed by atoms with Gasteiger partial charge >= 0.3 is 6.18 Å². The van der Waals surface area contributed by atoms with Gasteiger partial charge in [0.25, 0.3) is 0 Å². The van der Waals surface area contributed by atoms with E-state index in [0.717, 1.165) is 28.9 Å². The highest BCUT2D eigenvalue weighted by Gasteiger charge is 2.36. The third kappa shape index (κ3) is 6.25. The molecule has 1 N–H and O–H groups in total. The Balaban J connectivity index is 1.80. The van der Waals surface area contributed by atoms with Crippen molar-refractivity contribution in [2.24, 2.45) is 4.99 Å². The van der Waals surface area contributed by atoms with E-state index < -0.39 is 28.1 Å². The number of thiophene rings is 2. The van der Waals surface area contributed by atoms with Gasteiger partial charge in [0, 0.05) is 27.3 Å². The number of alkyl halides is 3. The van der Waals surface area contributed by atoms with Gasteiger partial charge < -0.3 is 5.41 Å². The number of halogens is 4. The van der Waals surface area contributed by atoms with Crippen molar-refractivity contribution < 1.29 is 21.6 Å². The molecule has 0 aliphatic carbocycles. The van der Waals surface area contributed by atoms with Crippen molar-refractivity contribution in [2.45, 2.75) is 24.0 Å². The highest BCUT2D eigenvalue weighted by atomic mass is 35.5. The summed E-state index contributed by atoms with van der Waals surface area (Å²) in [5.74, 6) is 0. The van der Waals surface area contributed by atoms with Crippen LogP contribution in [0.2, 0.25) is 4.34 Å². The first-order valence-corrected chi connectivity index (χ1v) is 12.7. The molecular weight excluding hydrogens is 489 g/mol. The second-order valence-corrected chi connectivity index (χ2v) is 11.5. The predicted molar refractivity (Wildman–Crippen MR) is 121 cm³/mol. The minimum atomic E-state index is -4.66. The fraction of sp³-hybridized carbons (Fsp3) is 0.200. The minimum absolute atomic E-state index is 0.148. The Morgan fingerprint density at radius 1 is 1.13 bits per heavy atom. The van der Waals surface area contributed by atoms with Crippen molar-refractivity contribution in [1.29, 1.82) is 5.41 Å². The van der Waals surface area contributed by atoms with Gasteiger partial charge in [-0.05, 0) is 42.0 Å². The Morgan fingerprint density at radius 2 is 1.87 bits per heavy atom. The van der Waals surface area contributed by atoms with Gasteiger partial charge in [-0.3, -0.25) is 4.99 Å². The molecule has 2 heterocycles. The highest BCUT2D eigenvalue weighted by molar-refractivity contribution is 7.90. The van der Waals surface area contributed by atoms with Gasteiger partial charge in [0.1, 0.15) is 5.71 Å². The van der Waals surface area contributed by atoms with Gasteiger partial charge in [0.2, 0.25) is 0 Å². The Hall–Kier alpha value is -2.01. The maximum absolute atomic E-state index is 13.4. The number of nitrogens with one attached hydrogen (secondary N) is 1. The first-order valence-electron chi connectivity index (χ1n) is 8.76. The molecule has 0 fully saturated rings. The maximum Gasteiger partial charge on any atom is 0.429 e. The van der Waals surface area contributed by atoms with E-state index in [1.807, 2.05) is 0 Å². The Morgan fingerprint density at radius 3 is 2.48 bits per heavy atom. The van der Waals surface area contributed by atoms with Crippen molar-refractivity contribution in [3.8, 4) is 10.4 Å². The van der Waals surface area contributed by atoms with Crippen LogP contribution in [-0.4, -0.2) is 32.3 Å². The second kappa shape index (κ2) is 9.23. The van der Waals surface area contributed by atoms with Crippen LogP contribution in [-0.2, 0) is 16.4 Å². The van der Waals surface area contributed by atoms with Crippen molar-refractivity contribution in [1.82, 2.24) is 0 Å². The molecule has 3 rings (SSSR count). The lowest BCUT2D eigenvalue weighted by Gasteiger charge is -2.11. The van der Waals surface area contributed by atoms with E-state index in [1.54, 1.807) is 36.4 Å². The van der Waals surface area contributed by atoms with Crippen LogP contribution < -0.4 is 0 Å². The molecule has 2 aromatic heterocycles. The fourth-order valence-corrected chi connectivity index (χ4v) is 5.27. The molecule has 0 radical (unpaired) electrons. The maximum atomic E-state index is 13.4. The van der Waals surface area contributed by atoms with E-state index in [2.05, 4.69) is 4.99 Å². The van der Waals surface area contributed by atoms with Crippen LogP contribution in [0.25, 0.3) is 10.4 Å². The summed E-state index contributed by atoms with van der Waals surface area (Å²) in [5.41, 5.74) is -0.627. The topological polar surface area (TPSA) is 70.3 Å². The largest absolute Gasteiger partial charge is 0.429 e. The van der Waals surface area contributed by atoms with Gasteiger partial charge in [-0.25, -0.2) is 8.42 Å². The highest BCUT2D eigenvalue weighted by Crippen LogP contribution is 2.31. The summed E-state index contributed by atoms with van der Waals surface area (Å²) in [6.07, 6.45) is -4.22. The van der Waals surface area contributed by atoms with E-state index in [1.165, 1.54) is 12.1 Å². The molecule has 0 saturated carbocycles. The summed E-state index contributed by atoms with van der Waals surface area (Å²) < 4.78 is 64.3. The predicted octanol–water partition coefficient (Wildman–Crippen LogP) is 6.49. The SMILES string of the molecule is CS(=O)(=O)c1cccc(-c2ccc(C(=N)CC(=NCc3ccc(Cl)s3)C(F)(F)F)s2)c1. The summed E-state index contributed by atoms with van der Waals surface area (Å²) in [7, 11) is -3.39. The molecule has 31 heavy (non-hydrogen) atoms. The molecule has 11 heteroatoms. The van der Waals surface area contributed by atoms with Crippen LogP contribution in [0.15, 0.2) is 58.4 Å². The van der Waals surface area contributed by atoms with Gasteiger partial charge in [-0.1, -0.05) is 23.7 Å². The average molecular weight is 505 g/mol.